The lowest BCUT2D eigenvalue weighted by atomic mass is 9.73. The highest BCUT2D eigenvalue weighted by Crippen LogP contribution is 2.37. The van der Waals surface area contributed by atoms with E-state index in [1.54, 1.807) is 19.2 Å². The van der Waals surface area contributed by atoms with Gasteiger partial charge in [0.25, 0.3) is 0 Å². The summed E-state index contributed by atoms with van der Waals surface area (Å²) in [7, 11) is 1.62. The van der Waals surface area contributed by atoms with E-state index in [9.17, 15) is 19.1 Å². The van der Waals surface area contributed by atoms with Crippen LogP contribution in [0.4, 0.5) is 10.3 Å². The Morgan fingerprint density at radius 2 is 1.65 bits per heavy atom. The van der Waals surface area contributed by atoms with Crippen LogP contribution in [0.5, 0.6) is 5.75 Å². The molecule has 1 saturated heterocycles. The fourth-order valence-electron chi connectivity index (χ4n) is 5.66. The molecule has 0 atom stereocenters. The van der Waals surface area contributed by atoms with E-state index in [0.29, 0.717) is 63.4 Å². The number of hydrogen-bond acceptors (Lipinski definition) is 6. The van der Waals surface area contributed by atoms with Gasteiger partial charge in [-0.05, 0) is 61.4 Å². The molecule has 1 fully saturated rings. The highest BCUT2D eigenvalue weighted by molar-refractivity contribution is 5.88. The molecule has 222 valence electrons. The lowest BCUT2D eigenvalue weighted by Gasteiger charge is -2.41. The van der Waals surface area contributed by atoms with Crippen LogP contribution in [-0.4, -0.2) is 47.2 Å². The van der Waals surface area contributed by atoms with Gasteiger partial charge >= 0.3 is 5.97 Å². The van der Waals surface area contributed by atoms with Gasteiger partial charge in [0.2, 0.25) is 11.9 Å². The van der Waals surface area contributed by atoms with Crippen LogP contribution in [-0.2, 0) is 30.6 Å². The number of carbonyl (C=O) groups is 2. The van der Waals surface area contributed by atoms with Crippen LogP contribution in [0.2, 0.25) is 0 Å². The number of benzene rings is 3. The average molecular weight is 583 g/mol. The summed E-state index contributed by atoms with van der Waals surface area (Å²) in [4.78, 5) is 36.9. The van der Waals surface area contributed by atoms with Gasteiger partial charge in [-0.25, -0.2) is 19.2 Å². The Hall–Kier alpha value is -4.79. The van der Waals surface area contributed by atoms with E-state index >= 15 is 0 Å². The highest BCUT2D eigenvalue weighted by atomic mass is 19.1. The molecule has 1 amide bonds. The fourth-order valence-corrected chi connectivity index (χ4v) is 5.66. The SMILES string of the molecule is COc1ccccc1CNC(=O)C1(Cc2ccccc2)CCN(c2ncc(C(=O)O)c(CCc3ccc(F)cc3)n2)CC1. The van der Waals surface area contributed by atoms with Gasteiger partial charge in [0, 0.05) is 31.4 Å². The number of hydrogen-bond donors (Lipinski definition) is 2. The first-order valence-electron chi connectivity index (χ1n) is 14.4. The molecule has 5 rings (SSSR count). The fraction of sp³-hybridized carbons (Fsp3) is 0.294. The Morgan fingerprint density at radius 1 is 0.953 bits per heavy atom. The van der Waals surface area contributed by atoms with Crippen LogP contribution in [0.3, 0.4) is 0 Å². The summed E-state index contributed by atoms with van der Waals surface area (Å²) >= 11 is 0. The van der Waals surface area contributed by atoms with Gasteiger partial charge in [0.15, 0.2) is 0 Å². The van der Waals surface area contributed by atoms with E-state index in [0.717, 1.165) is 22.4 Å². The number of anilines is 1. The monoisotopic (exact) mass is 582 g/mol. The Bertz CT molecular complexity index is 1550. The molecule has 0 bridgehead atoms. The predicted molar refractivity (Wildman–Crippen MR) is 162 cm³/mol. The third kappa shape index (κ3) is 7.17. The van der Waals surface area contributed by atoms with Crippen molar-refractivity contribution in [3.8, 4) is 5.75 Å². The number of halogens is 1. The van der Waals surface area contributed by atoms with Crippen LogP contribution in [0, 0.1) is 11.2 Å². The number of piperidine rings is 1. The third-order valence-corrected chi connectivity index (χ3v) is 8.15. The van der Waals surface area contributed by atoms with E-state index in [4.69, 9.17) is 4.74 Å². The molecule has 8 nitrogen and oxygen atoms in total. The first kappa shape index (κ1) is 29.7. The van der Waals surface area contributed by atoms with Crippen LogP contribution in [0.25, 0.3) is 0 Å². The normalized spacial score (nSPS) is 14.2. The summed E-state index contributed by atoms with van der Waals surface area (Å²) in [6.07, 6.45) is 4.00. The molecule has 1 aliphatic heterocycles. The quantitative estimate of drug-likeness (QED) is 0.249. The number of aromatic nitrogens is 2. The van der Waals surface area contributed by atoms with Gasteiger partial charge in [-0.3, -0.25) is 4.79 Å². The first-order valence-corrected chi connectivity index (χ1v) is 14.4. The number of methoxy groups -OCH3 is 1. The van der Waals surface area contributed by atoms with Crippen molar-refractivity contribution in [1.29, 1.82) is 0 Å². The summed E-state index contributed by atoms with van der Waals surface area (Å²) in [6.45, 7) is 1.44. The van der Waals surface area contributed by atoms with Crippen molar-refractivity contribution in [2.45, 2.75) is 38.6 Å². The van der Waals surface area contributed by atoms with Gasteiger partial charge in [-0.15, -0.1) is 0 Å². The van der Waals surface area contributed by atoms with Crippen LogP contribution in [0.15, 0.2) is 85.1 Å². The lowest BCUT2D eigenvalue weighted by molar-refractivity contribution is -0.132. The lowest BCUT2D eigenvalue weighted by Crippen LogP contribution is -2.50. The van der Waals surface area contributed by atoms with E-state index in [2.05, 4.69) is 15.3 Å². The van der Waals surface area contributed by atoms with Crippen molar-refractivity contribution >= 4 is 17.8 Å². The number of carbonyl (C=O) groups excluding carboxylic acids is 1. The maximum Gasteiger partial charge on any atom is 0.339 e. The average Bonchev–Trinajstić information content (AvgIpc) is 3.04. The predicted octanol–water partition coefficient (Wildman–Crippen LogP) is 5.25. The summed E-state index contributed by atoms with van der Waals surface area (Å²) in [5.41, 5.74) is 2.74. The molecular formula is C34H35FN4O4. The van der Waals surface area contributed by atoms with Crippen LogP contribution >= 0.6 is 0 Å². The molecule has 0 saturated carbocycles. The number of aryl methyl sites for hydroxylation is 2. The number of amides is 1. The minimum absolute atomic E-state index is 0.0101. The maximum absolute atomic E-state index is 13.9. The van der Waals surface area contributed by atoms with Gasteiger partial charge in [-0.1, -0.05) is 60.7 Å². The molecule has 0 unspecified atom stereocenters. The molecule has 0 radical (unpaired) electrons. The zero-order valence-corrected chi connectivity index (χ0v) is 24.1. The standard InChI is InChI=1S/C34H35FN4O4/c1-43-30-10-6-5-9-26(30)22-36-32(42)34(21-25-7-3-2-4-8-25)17-19-39(20-18-34)33-37-23-28(31(40)41)29(38-33)16-13-24-11-14-27(35)15-12-24/h2-12,14-15,23H,13,16-22H2,1H3,(H,36,42)(H,40,41). The molecule has 2 N–H and O–H groups in total. The Balaban J connectivity index is 1.33. The van der Waals surface area contributed by atoms with Crippen molar-refractivity contribution in [2.24, 2.45) is 5.41 Å². The number of nitrogens with one attached hydrogen (secondary N) is 1. The minimum Gasteiger partial charge on any atom is -0.496 e. The van der Waals surface area contributed by atoms with E-state index in [1.807, 2.05) is 59.5 Å². The topological polar surface area (TPSA) is 105 Å². The molecule has 1 aliphatic rings. The van der Waals surface area contributed by atoms with Gasteiger partial charge < -0.3 is 20.1 Å². The van der Waals surface area contributed by atoms with E-state index in [1.165, 1.54) is 18.3 Å². The third-order valence-electron chi connectivity index (χ3n) is 8.15. The van der Waals surface area contributed by atoms with E-state index < -0.39 is 11.4 Å². The molecular weight excluding hydrogens is 547 g/mol. The molecule has 4 aromatic rings. The number of carboxylic acid groups (broad SMARTS) is 1. The zero-order valence-electron chi connectivity index (χ0n) is 24.1. The number of para-hydroxylation sites is 1. The minimum atomic E-state index is -1.09. The summed E-state index contributed by atoms with van der Waals surface area (Å²) in [6, 6.07) is 23.8. The summed E-state index contributed by atoms with van der Waals surface area (Å²) in [5.74, 6) is -0.244. The number of nitrogens with zero attached hydrogens (tertiary/aromatic N) is 3. The molecule has 1 aromatic heterocycles. The van der Waals surface area contributed by atoms with Crippen molar-refractivity contribution < 1.29 is 23.8 Å². The number of aromatic carboxylic acids is 1. The highest BCUT2D eigenvalue weighted by Gasteiger charge is 2.42. The van der Waals surface area contributed by atoms with Gasteiger partial charge in [-0.2, -0.15) is 0 Å². The first-order chi connectivity index (χ1) is 20.9. The van der Waals surface area contributed by atoms with Gasteiger partial charge in [0.05, 0.1) is 23.8 Å². The molecule has 0 aliphatic carbocycles. The van der Waals surface area contributed by atoms with Crippen molar-refractivity contribution in [2.75, 3.05) is 25.1 Å². The largest absolute Gasteiger partial charge is 0.496 e. The molecule has 3 aromatic carbocycles. The maximum atomic E-state index is 13.9. The van der Waals surface area contributed by atoms with Crippen LogP contribution < -0.4 is 15.0 Å². The summed E-state index contributed by atoms with van der Waals surface area (Å²) in [5, 5.41) is 12.9. The second-order valence-electron chi connectivity index (χ2n) is 10.9. The van der Waals surface area contributed by atoms with Crippen molar-refractivity contribution in [3.63, 3.8) is 0 Å². The zero-order chi connectivity index (χ0) is 30.2. The van der Waals surface area contributed by atoms with Crippen molar-refractivity contribution in [1.82, 2.24) is 15.3 Å². The number of ether oxygens (including phenoxy) is 1. The van der Waals surface area contributed by atoms with Gasteiger partial charge in [0.1, 0.15) is 11.6 Å². The second-order valence-corrected chi connectivity index (χ2v) is 10.9. The van der Waals surface area contributed by atoms with Crippen molar-refractivity contribution in [3.05, 3.63) is 119 Å². The molecule has 43 heavy (non-hydrogen) atoms. The number of rotatable bonds is 11. The Labute approximate surface area is 250 Å². The second kappa shape index (κ2) is 13.5. The number of carboxylic acids is 1. The smallest absolute Gasteiger partial charge is 0.339 e. The molecule has 9 heteroatoms. The van der Waals surface area contributed by atoms with Crippen LogP contribution in [0.1, 0.15) is 45.6 Å². The molecule has 2 heterocycles. The Kier molecular flexibility index (Phi) is 9.29. The Morgan fingerprint density at radius 3 is 2.35 bits per heavy atom. The van der Waals surface area contributed by atoms with E-state index in [-0.39, 0.29) is 17.3 Å². The molecule has 0 spiro atoms. The summed E-state index contributed by atoms with van der Waals surface area (Å²) < 4.78 is 18.8.